The molecule has 2 fully saturated rings. The van der Waals surface area contributed by atoms with Crippen LogP contribution in [0.4, 0.5) is 11.4 Å². The van der Waals surface area contributed by atoms with Gasteiger partial charge in [0.15, 0.2) is 0 Å². The average molecular weight is 559 g/mol. The van der Waals surface area contributed by atoms with E-state index >= 15 is 0 Å². The van der Waals surface area contributed by atoms with Crippen LogP contribution in [0.2, 0.25) is 0 Å². The highest BCUT2D eigenvalue weighted by Gasteiger charge is 2.44. The van der Waals surface area contributed by atoms with Gasteiger partial charge in [-0.1, -0.05) is 61.5 Å². The number of benzene rings is 3. The molecule has 2 N–H and O–H groups in total. The molecule has 1 amide bonds. The van der Waals surface area contributed by atoms with Gasteiger partial charge in [-0.2, -0.15) is 0 Å². The molecule has 3 atom stereocenters. The zero-order chi connectivity index (χ0) is 27.7. The lowest BCUT2D eigenvalue weighted by Gasteiger charge is -2.36. The van der Waals surface area contributed by atoms with Gasteiger partial charge in [-0.15, -0.1) is 0 Å². The van der Waals surface area contributed by atoms with Gasteiger partial charge in [0.25, 0.3) is 0 Å². The quantitative estimate of drug-likeness (QED) is 0.410. The summed E-state index contributed by atoms with van der Waals surface area (Å²) in [6.07, 6.45) is 3.48. The molecule has 1 heterocycles. The Bertz CT molecular complexity index is 1470. The van der Waals surface area contributed by atoms with Gasteiger partial charge in [-0.25, -0.2) is 13.1 Å². The number of fused-ring (bicyclic) bond motifs is 1. The van der Waals surface area contributed by atoms with Crippen LogP contribution in [-0.2, 0) is 21.2 Å². The number of amides is 1. The first-order valence-corrected chi connectivity index (χ1v) is 16.0. The number of aryl methyl sites for hydroxylation is 1. The first kappa shape index (κ1) is 27.0. The fraction of sp³-hybridized carbons (Fsp3) is 0.406. The molecule has 0 radical (unpaired) electrons. The normalized spacial score (nSPS) is 22.9. The Balaban J connectivity index is 1.27. The average Bonchev–Trinajstić information content (AvgIpc) is 3.79. The van der Waals surface area contributed by atoms with Crippen molar-refractivity contribution in [2.45, 2.75) is 49.5 Å². The zero-order valence-corrected chi connectivity index (χ0v) is 23.9. The van der Waals surface area contributed by atoms with Crippen molar-refractivity contribution in [1.82, 2.24) is 9.62 Å². The topological polar surface area (TPSA) is 81.8 Å². The van der Waals surface area contributed by atoms with Gasteiger partial charge >= 0.3 is 0 Å². The van der Waals surface area contributed by atoms with E-state index in [1.54, 1.807) is 6.07 Å². The number of piperazine rings is 1. The molecule has 0 unspecified atom stereocenters. The van der Waals surface area contributed by atoms with E-state index in [1.807, 2.05) is 48.5 Å². The third-order valence-electron chi connectivity index (χ3n) is 8.70. The van der Waals surface area contributed by atoms with Crippen LogP contribution in [0.5, 0.6) is 0 Å². The van der Waals surface area contributed by atoms with Crippen molar-refractivity contribution in [3.8, 4) is 0 Å². The molecule has 6 rings (SSSR count). The minimum atomic E-state index is -3.87. The summed E-state index contributed by atoms with van der Waals surface area (Å²) < 4.78 is 31.1. The van der Waals surface area contributed by atoms with E-state index in [2.05, 4.69) is 45.0 Å². The second-order valence-electron chi connectivity index (χ2n) is 11.2. The van der Waals surface area contributed by atoms with Crippen molar-refractivity contribution in [2.75, 3.05) is 42.9 Å². The Hall–Kier alpha value is -3.20. The molecule has 3 aromatic carbocycles. The summed E-state index contributed by atoms with van der Waals surface area (Å²) in [5.41, 5.74) is 4.64. The summed E-state index contributed by atoms with van der Waals surface area (Å²) in [6, 6.07) is 23.3. The first-order chi connectivity index (χ1) is 19.4. The van der Waals surface area contributed by atoms with Gasteiger partial charge in [-0.05, 0) is 73.0 Å². The monoisotopic (exact) mass is 558 g/mol. The molecule has 7 nitrogen and oxygen atoms in total. The first-order valence-electron chi connectivity index (χ1n) is 14.5. The minimum Gasteiger partial charge on any atom is -0.368 e. The van der Waals surface area contributed by atoms with Gasteiger partial charge in [-0.3, -0.25) is 4.79 Å². The molecule has 1 saturated heterocycles. The molecule has 8 heteroatoms. The molecule has 1 aliphatic heterocycles. The van der Waals surface area contributed by atoms with E-state index in [0.717, 1.165) is 64.0 Å². The predicted molar refractivity (Wildman–Crippen MR) is 159 cm³/mol. The molecule has 3 aliphatic rings. The van der Waals surface area contributed by atoms with Crippen LogP contribution in [0, 0.1) is 5.92 Å². The predicted octanol–water partition coefficient (Wildman–Crippen LogP) is 4.93. The van der Waals surface area contributed by atoms with Gasteiger partial charge < -0.3 is 15.1 Å². The van der Waals surface area contributed by atoms with E-state index in [1.165, 1.54) is 11.1 Å². The van der Waals surface area contributed by atoms with Crippen LogP contribution in [0.3, 0.4) is 0 Å². The number of rotatable bonds is 8. The van der Waals surface area contributed by atoms with Crippen molar-refractivity contribution in [3.63, 3.8) is 0 Å². The maximum absolute atomic E-state index is 14.1. The standard InChI is InChI=1S/C32H38N4O3S/c1-2-35-17-19-36(20-18-35)30-16-15-25(33-32(37)28-22-27(28)24-9-4-3-5-10-24)21-31(30)40(38,39)34-29-14-8-12-23-11-6-7-13-26(23)29/h3-7,9-11,13,15-16,21,27-29,34H,2,8,12,14,17-20,22H2,1H3,(H,33,37)/t27-,28+,29-/m0/s1. The maximum Gasteiger partial charge on any atom is 0.243 e. The highest BCUT2D eigenvalue weighted by atomic mass is 32.2. The fourth-order valence-corrected chi connectivity index (χ4v) is 7.79. The van der Waals surface area contributed by atoms with E-state index in [9.17, 15) is 13.2 Å². The fourth-order valence-electron chi connectivity index (χ4n) is 6.29. The largest absolute Gasteiger partial charge is 0.368 e. The molecule has 40 heavy (non-hydrogen) atoms. The lowest BCUT2D eigenvalue weighted by molar-refractivity contribution is -0.117. The number of nitrogens with zero attached hydrogens (tertiary/aromatic N) is 2. The molecular formula is C32H38N4O3S. The van der Waals surface area contributed by atoms with Crippen LogP contribution < -0.4 is 14.9 Å². The highest BCUT2D eigenvalue weighted by molar-refractivity contribution is 7.89. The Morgan fingerprint density at radius 2 is 1.70 bits per heavy atom. The minimum absolute atomic E-state index is 0.0596. The van der Waals surface area contributed by atoms with Gasteiger partial charge in [0.1, 0.15) is 4.90 Å². The number of hydrogen-bond acceptors (Lipinski definition) is 5. The van der Waals surface area contributed by atoms with E-state index < -0.39 is 10.0 Å². The number of anilines is 2. The third-order valence-corrected chi connectivity index (χ3v) is 10.2. The number of hydrogen-bond donors (Lipinski definition) is 2. The molecule has 3 aromatic rings. The molecule has 0 aromatic heterocycles. The summed E-state index contributed by atoms with van der Waals surface area (Å²) in [4.78, 5) is 17.9. The summed E-state index contributed by atoms with van der Waals surface area (Å²) in [5.74, 6) is 0.0587. The Labute approximate surface area is 237 Å². The van der Waals surface area contributed by atoms with Gasteiger partial charge in [0.2, 0.25) is 15.9 Å². The second-order valence-corrected chi connectivity index (χ2v) is 12.9. The van der Waals surface area contributed by atoms with Crippen LogP contribution >= 0.6 is 0 Å². The van der Waals surface area contributed by atoms with Crippen LogP contribution in [0.15, 0.2) is 77.7 Å². The number of sulfonamides is 1. The zero-order valence-electron chi connectivity index (χ0n) is 23.1. The summed E-state index contributed by atoms with van der Waals surface area (Å²) in [7, 11) is -3.87. The molecule has 0 bridgehead atoms. The summed E-state index contributed by atoms with van der Waals surface area (Å²) >= 11 is 0. The highest BCUT2D eigenvalue weighted by Crippen LogP contribution is 2.48. The molecule has 2 aliphatic carbocycles. The summed E-state index contributed by atoms with van der Waals surface area (Å²) in [6.45, 7) is 6.43. The van der Waals surface area contributed by atoms with Crippen molar-refractivity contribution >= 4 is 27.3 Å². The van der Waals surface area contributed by atoms with E-state index in [-0.39, 0.29) is 28.7 Å². The van der Waals surface area contributed by atoms with E-state index in [0.29, 0.717) is 11.4 Å². The van der Waals surface area contributed by atoms with E-state index in [4.69, 9.17) is 0 Å². The number of nitrogens with one attached hydrogen (secondary N) is 2. The Morgan fingerprint density at radius 3 is 2.48 bits per heavy atom. The van der Waals surface area contributed by atoms with Crippen LogP contribution in [-0.4, -0.2) is 51.9 Å². The molecule has 0 spiro atoms. The SMILES string of the molecule is CCN1CCN(c2ccc(NC(=O)[C@@H]3C[C@H]3c3ccccc3)cc2S(=O)(=O)N[C@H]2CCCc3ccccc32)CC1. The number of likely N-dealkylation sites (N-methyl/N-ethyl adjacent to an activating group) is 1. The van der Waals surface area contributed by atoms with Gasteiger partial charge in [0.05, 0.1) is 5.69 Å². The molecular weight excluding hydrogens is 520 g/mol. The Kier molecular flexibility index (Phi) is 7.66. The summed E-state index contributed by atoms with van der Waals surface area (Å²) in [5, 5.41) is 3.02. The third kappa shape index (κ3) is 5.66. The maximum atomic E-state index is 14.1. The van der Waals surface area contributed by atoms with Crippen molar-refractivity contribution in [3.05, 3.63) is 89.5 Å². The van der Waals surface area contributed by atoms with Crippen molar-refractivity contribution in [2.24, 2.45) is 5.92 Å². The smallest absolute Gasteiger partial charge is 0.243 e. The van der Waals surface area contributed by atoms with Crippen molar-refractivity contribution in [1.29, 1.82) is 0 Å². The van der Waals surface area contributed by atoms with Crippen LogP contribution in [0.1, 0.15) is 54.8 Å². The molecule has 210 valence electrons. The lowest BCUT2D eigenvalue weighted by atomic mass is 9.88. The van der Waals surface area contributed by atoms with Crippen LogP contribution in [0.25, 0.3) is 0 Å². The molecule has 1 saturated carbocycles. The second kappa shape index (κ2) is 11.4. The van der Waals surface area contributed by atoms with Gasteiger partial charge in [0, 0.05) is 43.8 Å². The lowest BCUT2D eigenvalue weighted by Crippen LogP contribution is -2.46. The Morgan fingerprint density at radius 1 is 0.950 bits per heavy atom. The number of carbonyl (C=O) groups excluding carboxylic acids is 1. The number of carbonyl (C=O) groups is 1. The van der Waals surface area contributed by atoms with Crippen molar-refractivity contribution < 1.29 is 13.2 Å².